The number of carbonyl (C=O) groups excluding carboxylic acids is 1. The molecule has 0 saturated carbocycles. The molecule has 2 rings (SSSR count). The average Bonchev–Trinajstić information content (AvgIpc) is 2.58. The molecule has 1 N–H and O–H groups in total. The summed E-state index contributed by atoms with van der Waals surface area (Å²) in [5.74, 6) is -0.713. The third-order valence-electron chi connectivity index (χ3n) is 3.45. The summed E-state index contributed by atoms with van der Waals surface area (Å²) in [6.07, 6.45) is -3.72. The lowest BCUT2D eigenvalue weighted by atomic mass is 10.2. The number of sulfonamides is 1. The molecule has 142 valence electrons. The molecule has 0 aliphatic carbocycles. The average molecular weight is 397 g/mol. The van der Waals surface area contributed by atoms with Gasteiger partial charge in [0, 0.05) is 5.69 Å². The lowest BCUT2D eigenvalue weighted by Gasteiger charge is -2.22. The zero-order chi connectivity index (χ0) is 20.2. The summed E-state index contributed by atoms with van der Waals surface area (Å²) in [6.45, 7) is -0.638. The van der Waals surface area contributed by atoms with Crippen LogP contribution in [0.15, 0.2) is 48.5 Å². The number of rotatable bonds is 5. The molecule has 0 aliphatic heterocycles. The summed E-state index contributed by atoms with van der Waals surface area (Å²) in [6, 6.07) is 11.3. The van der Waals surface area contributed by atoms with Crippen LogP contribution in [0.5, 0.6) is 0 Å². The van der Waals surface area contributed by atoms with Crippen LogP contribution in [0.25, 0.3) is 0 Å². The first kappa shape index (κ1) is 20.3. The Kier molecular flexibility index (Phi) is 5.75. The predicted octanol–water partition coefficient (Wildman–Crippen LogP) is 2.98. The molecule has 0 saturated heterocycles. The van der Waals surface area contributed by atoms with Gasteiger partial charge in [-0.15, -0.1) is 0 Å². The van der Waals surface area contributed by atoms with Crippen molar-refractivity contribution >= 4 is 27.3 Å². The molecule has 0 spiro atoms. The van der Waals surface area contributed by atoms with Crippen LogP contribution in [0.3, 0.4) is 0 Å². The summed E-state index contributed by atoms with van der Waals surface area (Å²) >= 11 is 0. The van der Waals surface area contributed by atoms with E-state index in [2.05, 4.69) is 5.32 Å². The highest BCUT2D eigenvalue weighted by atomic mass is 32.2. The topological polar surface area (TPSA) is 90.3 Å². The maximum atomic E-state index is 12.6. The van der Waals surface area contributed by atoms with Gasteiger partial charge in [-0.25, -0.2) is 8.42 Å². The Labute approximate surface area is 153 Å². The number of nitriles is 1. The van der Waals surface area contributed by atoms with Gasteiger partial charge >= 0.3 is 6.18 Å². The molecule has 0 fully saturated rings. The second-order valence-electron chi connectivity index (χ2n) is 5.56. The van der Waals surface area contributed by atoms with Crippen molar-refractivity contribution in [3.05, 3.63) is 59.7 Å². The number of hydrogen-bond acceptors (Lipinski definition) is 4. The highest BCUT2D eigenvalue weighted by molar-refractivity contribution is 7.92. The zero-order valence-electron chi connectivity index (χ0n) is 14.0. The second kappa shape index (κ2) is 7.67. The highest BCUT2D eigenvalue weighted by Gasteiger charge is 2.30. The van der Waals surface area contributed by atoms with Crippen LogP contribution in [0, 0.1) is 11.3 Å². The molecular formula is C17H14F3N3O3S. The first-order valence-corrected chi connectivity index (χ1v) is 9.30. The fourth-order valence-corrected chi connectivity index (χ4v) is 3.07. The Morgan fingerprint density at radius 1 is 1.19 bits per heavy atom. The van der Waals surface area contributed by atoms with E-state index < -0.39 is 34.2 Å². The lowest BCUT2D eigenvalue weighted by Crippen LogP contribution is -2.37. The Hall–Kier alpha value is -3.06. The van der Waals surface area contributed by atoms with Gasteiger partial charge in [-0.2, -0.15) is 18.4 Å². The van der Waals surface area contributed by atoms with Crippen LogP contribution in [0.1, 0.15) is 11.1 Å². The number of alkyl halides is 3. The molecule has 0 bridgehead atoms. The largest absolute Gasteiger partial charge is 0.416 e. The fraction of sp³-hybridized carbons (Fsp3) is 0.176. The van der Waals surface area contributed by atoms with Gasteiger partial charge in [0.25, 0.3) is 0 Å². The molecule has 2 aromatic rings. The van der Waals surface area contributed by atoms with Crippen molar-refractivity contribution < 1.29 is 26.4 Å². The van der Waals surface area contributed by atoms with Crippen LogP contribution in [0.4, 0.5) is 24.5 Å². The van der Waals surface area contributed by atoms with Gasteiger partial charge in [0.15, 0.2) is 0 Å². The third-order valence-corrected chi connectivity index (χ3v) is 4.59. The van der Waals surface area contributed by atoms with Crippen molar-refractivity contribution in [2.24, 2.45) is 0 Å². The summed E-state index contributed by atoms with van der Waals surface area (Å²) < 4.78 is 62.6. The number of nitrogens with one attached hydrogen (secondary N) is 1. The minimum Gasteiger partial charge on any atom is -0.324 e. The van der Waals surface area contributed by atoms with Crippen LogP contribution in [-0.4, -0.2) is 27.1 Å². The van der Waals surface area contributed by atoms with E-state index in [1.807, 2.05) is 6.07 Å². The normalized spacial score (nSPS) is 11.5. The van der Waals surface area contributed by atoms with Crippen molar-refractivity contribution in [1.29, 1.82) is 5.26 Å². The number of hydrogen-bond donors (Lipinski definition) is 1. The van der Waals surface area contributed by atoms with E-state index in [1.165, 1.54) is 18.2 Å². The Balaban J connectivity index is 2.22. The van der Waals surface area contributed by atoms with Crippen molar-refractivity contribution in [3.8, 4) is 6.07 Å². The van der Waals surface area contributed by atoms with Gasteiger partial charge in [0.2, 0.25) is 15.9 Å². The molecule has 2 aromatic carbocycles. The maximum absolute atomic E-state index is 12.6. The van der Waals surface area contributed by atoms with E-state index in [1.54, 1.807) is 6.07 Å². The summed E-state index contributed by atoms with van der Waals surface area (Å²) in [7, 11) is -3.93. The molecule has 10 heteroatoms. The number of anilines is 2. The molecular weight excluding hydrogens is 383 g/mol. The molecule has 27 heavy (non-hydrogen) atoms. The molecule has 0 aliphatic rings. The van der Waals surface area contributed by atoms with Gasteiger partial charge in [-0.3, -0.25) is 9.10 Å². The van der Waals surface area contributed by atoms with Crippen molar-refractivity contribution in [2.45, 2.75) is 6.18 Å². The SMILES string of the molecule is CS(=O)(=O)N(CC(=O)Nc1cccc(C#N)c1)c1ccc(C(F)(F)F)cc1. The summed E-state index contributed by atoms with van der Waals surface area (Å²) in [4.78, 5) is 12.2. The minimum absolute atomic E-state index is 0.0774. The fourth-order valence-electron chi connectivity index (χ4n) is 2.21. The Bertz CT molecular complexity index is 981. The number of nitrogens with zero attached hydrogens (tertiary/aromatic N) is 2. The maximum Gasteiger partial charge on any atom is 0.416 e. The lowest BCUT2D eigenvalue weighted by molar-refractivity contribution is -0.137. The Morgan fingerprint density at radius 2 is 1.81 bits per heavy atom. The quantitative estimate of drug-likeness (QED) is 0.840. The molecule has 0 aromatic heterocycles. The van der Waals surface area contributed by atoms with Crippen molar-refractivity contribution in [3.63, 3.8) is 0 Å². The van der Waals surface area contributed by atoms with Crippen LogP contribution in [-0.2, 0) is 21.0 Å². The first-order valence-electron chi connectivity index (χ1n) is 7.45. The van der Waals surface area contributed by atoms with E-state index in [-0.39, 0.29) is 5.69 Å². The van der Waals surface area contributed by atoms with Crippen LogP contribution >= 0.6 is 0 Å². The van der Waals surface area contributed by atoms with Gasteiger partial charge in [0.05, 0.1) is 29.1 Å². The number of benzene rings is 2. The number of carbonyl (C=O) groups is 1. The molecule has 0 heterocycles. The summed E-state index contributed by atoms with van der Waals surface area (Å²) in [5.41, 5.74) is -0.417. The van der Waals surface area contributed by atoms with Crippen LogP contribution < -0.4 is 9.62 Å². The zero-order valence-corrected chi connectivity index (χ0v) is 14.8. The molecule has 6 nitrogen and oxygen atoms in total. The first-order chi connectivity index (χ1) is 12.5. The molecule has 0 radical (unpaired) electrons. The molecule has 0 unspecified atom stereocenters. The highest BCUT2D eigenvalue weighted by Crippen LogP contribution is 2.31. The van der Waals surface area contributed by atoms with E-state index >= 15 is 0 Å². The minimum atomic E-state index is -4.56. The molecule has 0 atom stereocenters. The van der Waals surface area contributed by atoms with Crippen molar-refractivity contribution in [2.75, 3.05) is 22.4 Å². The number of halogens is 3. The Morgan fingerprint density at radius 3 is 2.33 bits per heavy atom. The smallest absolute Gasteiger partial charge is 0.324 e. The predicted molar refractivity (Wildman–Crippen MR) is 93.4 cm³/mol. The van der Waals surface area contributed by atoms with Crippen LogP contribution in [0.2, 0.25) is 0 Å². The van der Waals surface area contributed by atoms with E-state index in [4.69, 9.17) is 5.26 Å². The second-order valence-corrected chi connectivity index (χ2v) is 7.46. The monoisotopic (exact) mass is 397 g/mol. The molecule has 1 amide bonds. The van der Waals surface area contributed by atoms with E-state index in [0.717, 1.165) is 30.5 Å². The van der Waals surface area contributed by atoms with E-state index in [0.29, 0.717) is 15.6 Å². The van der Waals surface area contributed by atoms with Gasteiger partial charge in [-0.1, -0.05) is 6.07 Å². The standard InChI is InChI=1S/C17H14F3N3O3S/c1-27(25,26)23(15-7-5-13(6-8-15)17(18,19)20)11-16(24)22-14-4-2-3-12(9-14)10-21/h2-9H,11H2,1H3,(H,22,24). The third kappa shape index (κ3) is 5.46. The van der Waals surface area contributed by atoms with Gasteiger partial charge in [0.1, 0.15) is 6.54 Å². The van der Waals surface area contributed by atoms with E-state index in [9.17, 15) is 26.4 Å². The van der Waals surface area contributed by atoms with Crippen molar-refractivity contribution in [1.82, 2.24) is 0 Å². The van der Waals surface area contributed by atoms with Gasteiger partial charge < -0.3 is 5.32 Å². The van der Waals surface area contributed by atoms with Gasteiger partial charge in [-0.05, 0) is 42.5 Å². The number of amides is 1. The summed E-state index contributed by atoms with van der Waals surface area (Å²) in [5, 5.41) is 11.3.